The highest BCUT2D eigenvalue weighted by Crippen LogP contribution is 2.24. The second-order valence-corrected chi connectivity index (χ2v) is 5.96. The average molecular weight is 344 g/mol. The van der Waals surface area contributed by atoms with Gasteiger partial charge in [-0.15, -0.1) is 0 Å². The lowest BCUT2D eigenvalue weighted by atomic mass is 9.90. The predicted octanol–water partition coefficient (Wildman–Crippen LogP) is 5.72. The van der Waals surface area contributed by atoms with E-state index in [1.807, 2.05) is 30.3 Å². The van der Waals surface area contributed by atoms with E-state index in [-0.39, 0.29) is 11.6 Å². The van der Waals surface area contributed by atoms with E-state index >= 15 is 0 Å². The van der Waals surface area contributed by atoms with Gasteiger partial charge in [-0.2, -0.15) is 0 Å². The Balaban J connectivity index is 2.38. The van der Waals surface area contributed by atoms with Crippen LogP contribution in [-0.2, 0) is 12.8 Å². The quantitative estimate of drug-likeness (QED) is 0.349. The van der Waals surface area contributed by atoms with E-state index in [9.17, 15) is 9.59 Å². The second-order valence-electron chi connectivity index (χ2n) is 5.96. The molecule has 0 amide bonds. The minimum absolute atomic E-state index is 0.0328. The van der Waals surface area contributed by atoms with E-state index in [0.717, 1.165) is 35.1 Å². The lowest BCUT2D eigenvalue weighted by Crippen LogP contribution is -2.05. The molecule has 0 saturated carbocycles. The minimum Gasteiger partial charge on any atom is -0.289 e. The summed E-state index contributed by atoms with van der Waals surface area (Å²) in [5, 5.41) is 0. The van der Waals surface area contributed by atoms with Crippen LogP contribution in [0.1, 0.15) is 56.8 Å². The zero-order valence-electron chi connectivity index (χ0n) is 15.4. The summed E-state index contributed by atoms with van der Waals surface area (Å²) >= 11 is 0. The molecule has 132 valence electrons. The van der Waals surface area contributed by atoms with Crippen LogP contribution in [0.15, 0.2) is 61.7 Å². The van der Waals surface area contributed by atoms with Gasteiger partial charge in [-0.25, -0.2) is 0 Å². The fourth-order valence-corrected chi connectivity index (χ4v) is 3.09. The predicted molar refractivity (Wildman–Crippen MR) is 110 cm³/mol. The maximum Gasteiger partial charge on any atom is 0.185 e. The van der Waals surface area contributed by atoms with Gasteiger partial charge in [-0.3, -0.25) is 9.59 Å². The topological polar surface area (TPSA) is 34.1 Å². The van der Waals surface area contributed by atoms with Crippen LogP contribution in [-0.4, -0.2) is 11.6 Å². The van der Waals surface area contributed by atoms with Crippen LogP contribution in [0.2, 0.25) is 0 Å². The van der Waals surface area contributed by atoms with Crippen LogP contribution in [0.25, 0.3) is 12.2 Å². The lowest BCUT2D eigenvalue weighted by molar-refractivity contribution is 0.103. The molecule has 0 aliphatic heterocycles. The van der Waals surface area contributed by atoms with Crippen molar-refractivity contribution in [2.24, 2.45) is 0 Å². The molecule has 0 radical (unpaired) electrons. The fourth-order valence-electron chi connectivity index (χ4n) is 3.09. The largest absolute Gasteiger partial charge is 0.289 e. The van der Waals surface area contributed by atoms with Crippen molar-refractivity contribution in [3.05, 3.63) is 95.1 Å². The molecule has 0 aliphatic rings. The Kier molecular flexibility index (Phi) is 6.62. The Labute approximate surface area is 155 Å². The Morgan fingerprint density at radius 3 is 1.96 bits per heavy atom. The van der Waals surface area contributed by atoms with E-state index in [1.165, 1.54) is 17.7 Å². The van der Waals surface area contributed by atoms with Gasteiger partial charge in [0.05, 0.1) is 0 Å². The number of allylic oxidation sites excluding steroid dienone is 2. The third-order valence-electron chi connectivity index (χ3n) is 4.46. The van der Waals surface area contributed by atoms with E-state index in [0.29, 0.717) is 5.56 Å². The van der Waals surface area contributed by atoms with Gasteiger partial charge in [0, 0.05) is 11.1 Å². The summed E-state index contributed by atoms with van der Waals surface area (Å²) in [5.74, 6) is -0.113. The molecule has 2 aromatic rings. The first-order chi connectivity index (χ1) is 12.5. The van der Waals surface area contributed by atoms with Crippen molar-refractivity contribution >= 4 is 23.7 Å². The Hall–Kier alpha value is -3.00. The van der Waals surface area contributed by atoms with Crippen LogP contribution >= 0.6 is 0 Å². The summed E-state index contributed by atoms with van der Waals surface area (Å²) in [7, 11) is 0. The highest BCUT2D eigenvalue weighted by atomic mass is 16.1. The summed E-state index contributed by atoms with van der Waals surface area (Å²) in [4.78, 5) is 23.7. The molecule has 0 aliphatic carbocycles. The van der Waals surface area contributed by atoms with Gasteiger partial charge >= 0.3 is 0 Å². The highest BCUT2D eigenvalue weighted by Gasteiger charge is 2.13. The molecule has 0 fully saturated rings. The van der Waals surface area contributed by atoms with Crippen LogP contribution in [0, 0.1) is 0 Å². The fraction of sp³-hybridized carbons (Fsp3) is 0.167. The number of rotatable bonds is 8. The summed E-state index contributed by atoms with van der Waals surface area (Å²) in [6.45, 7) is 11.3. The van der Waals surface area contributed by atoms with Gasteiger partial charge in [0.25, 0.3) is 0 Å². The van der Waals surface area contributed by atoms with Crippen molar-refractivity contribution in [2.75, 3.05) is 0 Å². The van der Waals surface area contributed by atoms with E-state index < -0.39 is 0 Å². The monoisotopic (exact) mass is 344 g/mol. The lowest BCUT2D eigenvalue weighted by Gasteiger charge is -2.14. The highest BCUT2D eigenvalue weighted by molar-refractivity contribution is 6.06. The van der Waals surface area contributed by atoms with Crippen LogP contribution in [0.4, 0.5) is 0 Å². The number of ketones is 2. The number of carbonyl (C=O) groups is 2. The van der Waals surface area contributed by atoms with Gasteiger partial charge in [-0.1, -0.05) is 75.6 Å². The van der Waals surface area contributed by atoms with Crippen LogP contribution in [0.3, 0.4) is 0 Å². The van der Waals surface area contributed by atoms with Gasteiger partial charge in [-0.05, 0) is 47.2 Å². The van der Waals surface area contributed by atoms with Crippen molar-refractivity contribution in [3.63, 3.8) is 0 Å². The van der Waals surface area contributed by atoms with Crippen molar-refractivity contribution < 1.29 is 9.59 Å². The third kappa shape index (κ3) is 4.15. The average Bonchev–Trinajstić information content (AvgIpc) is 2.70. The van der Waals surface area contributed by atoms with Crippen LogP contribution < -0.4 is 0 Å². The molecule has 2 heteroatoms. The number of carbonyl (C=O) groups excluding carboxylic acids is 2. The van der Waals surface area contributed by atoms with Crippen molar-refractivity contribution in [1.29, 1.82) is 0 Å². The molecule has 2 nitrogen and oxygen atoms in total. The van der Waals surface area contributed by atoms with Crippen molar-refractivity contribution in [3.8, 4) is 0 Å². The molecule has 0 N–H and O–H groups in total. The first-order valence-electron chi connectivity index (χ1n) is 8.82. The van der Waals surface area contributed by atoms with Gasteiger partial charge in [0.2, 0.25) is 0 Å². The molecule has 2 aromatic carbocycles. The molecule has 0 atom stereocenters. The summed E-state index contributed by atoms with van der Waals surface area (Å²) in [6.07, 6.45) is 8.42. The number of hydrogen-bond acceptors (Lipinski definition) is 2. The molecule has 0 saturated heterocycles. The number of hydrogen-bond donors (Lipinski definition) is 0. The Bertz CT molecular complexity index is 868. The van der Waals surface area contributed by atoms with E-state index in [4.69, 9.17) is 0 Å². The molecule has 0 spiro atoms. The Morgan fingerprint density at radius 2 is 1.42 bits per heavy atom. The molecule has 0 bridgehead atoms. The van der Waals surface area contributed by atoms with Gasteiger partial charge < -0.3 is 0 Å². The molecular weight excluding hydrogens is 320 g/mol. The smallest absolute Gasteiger partial charge is 0.185 e. The summed E-state index contributed by atoms with van der Waals surface area (Å²) < 4.78 is 0. The summed E-state index contributed by atoms with van der Waals surface area (Å²) in [5.41, 5.74) is 5.77. The number of benzene rings is 2. The third-order valence-corrected chi connectivity index (χ3v) is 4.46. The SMILES string of the molecule is C=CC(=O)c1ccc(C=Cc2ccc(C(=O)C=C)c(CC)c2CC)cc1. The van der Waals surface area contributed by atoms with Crippen LogP contribution in [0.5, 0.6) is 0 Å². The zero-order chi connectivity index (χ0) is 19.1. The van der Waals surface area contributed by atoms with Crippen molar-refractivity contribution in [1.82, 2.24) is 0 Å². The molecule has 0 heterocycles. The van der Waals surface area contributed by atoms with Gasteiger partial charge in [0.15, 0.2) is 11.6 Å². The zero-order valence-corrected chi connectivity index (χ0v) is 15.4. The maximum atomic E-state index is 12.1. The normalized spacial score (nSPS) is 10.7. The van der Waals surface area contributed by atoms with E-state index in [2.05, 4.69) is 33.1 Å². The molecule has 0 aromatic heterocycles. The molecular formula is C24H24O2. The van der Waals surface area contributed by atoms with Gasteiger partial charge in [0.1, 0.15) is 0 Å². The second kappa shape index (κ2) is 8.91. The first kappa shape index (κ1) is 19.3. The molecule has 2 rings (SSSR count). The standard InChI is InChI=1S/C24H24O2/c1-5-20-18(15-16-22(21(20)6-2)24(26)8-4)12-9-17-10-13-19(14-11-17)23(25)7-3/h7-16H,3-6H2,1-2H3. The minimum atomic E-state index is -0.0798. The maximum absolute atomic E-state index is 12.1. The summed E-state index contributed by atoms with van der Waals surface area (Å²) in [6, 6.07) is 11.3. The molecule has 0 unspecified atom stereocenters. The first-order valence-corrected chi connectivity index (χ1v) is 8.82. The van der Waals surface area contributed by atoms with Crippen molar-refractivity contribution in [2.45, 2.75) is 26.7 Å². The van der Waals surface area contributed by atoms with E-state index in [1.54, 1.807) is 12.1 Å². The Morgan fingerprint density at radius 1 is 0.808 bits per heavy atom. The molecule has 26 heavy (non-hydrogen) atoms.